The highest BCUT2D eigenvalue weighted by Crippen LogP contribution is 2.22. The van der Waals surface area contributed by atoms with Gasteiger partial charge in [-0.25, -0.2) is 16.4 Å². The first-order valence-electron chi connectivity index (χ1n) is 4.94. The van der Waals surface area contributed by atoms with E-state index in [0.29, 0.717) is 5.92 Å². The van der Waals surface area contributed by atoms with Gasteiger partial charge in [0.2, 0.25) is 0 Å². The summed E-state index contributed by atoms with van der Waals surface area (Å²) < 4.78 is 0. The Labute approximate surface area is 82.5 Å². The van der Waals surface area contributed by atoms with E-state index >= 15 is 0 Å². The highest BCUT2D eigenvalue weighted by atomic mass is 15.7. The van der Waals surface area contributed by atoms with Crippen LogP contribution < -0.4 is 21.7 Å². The van der Waals surface area contributed by atoms with E-state index < -0.39 is 0 Å². The van der Waals surface area contributed by atoms with Crippen LogP contribution in [0.1, 0.15) is 6.42 Å². The SMILES string of the molecule is NN1NCC2CC=c3ccccc3=C21. The Kier molecular flexibility index (Phi) is 1.63. The first kappa shape index (κ1) is 8.03. The molecule has 3 nitrogen and oxygen atoms in total. The summed E-state index contributed by atoms with van der Waals surface area (Å²) in [6.45, 7) is 0.955. The van der Waals surface area contributed by atoms with Crippen molar-refractivity contribution in [1.82, 2.24) is 10.5 Å². The third-order valence-electron chi connectivity index (χ3n) is 3.01. The molecule has 0 aromatic heterocycles. The van der Waals surface area contributed by atoms with Gasteiger partial charge in [0.15, 0.2) is 0 Å². The molecule has 0 radical (unpaired) electrons. The Morgan fingerprint density at radius 2 is 2.21 bits per heavy atom. The number of nitrogens with two attached hydrogens (primary N) is 1. The van der Waals surface area contributed by atoms with Gasteiger partial charge in [-0.2, -0.15) is 0 Å². The monoisotopic (exact) mass is 187 g/mol. The number of benzene rings is 1. The topological polar surface area (TPSA) is 41.3 Å². The molecule has 3 N–H and O–H groups in total. The third-order valence-corrected chi connectivity index (χ3v) is 3.01. The summed E-state index contributed by atoms with van der Waals surface area (Å²) in [4.78, 5) is 0. The average Bonchev–Trinajstić information content (AvgIpc) is 2.61. The van der Waals surface area contributed by atoms with E-state index in [1.165, 1.54) is 16.1 Å². The van der Waals surface area contributed by atoms with Crippen LogP contribution in [0.5, 0.6) is 0 Å². The van der Waals surface area contributed by atoms with Gasteiger partial charge in [0, 0.05) is 17.7 Å². The second-order valence-corrected chi connectivity index (χ2v) is 3.84. The van der Waals surface area contributed by atoms with Crippen LogP contribution in [0.4, 0.5) is 0 Å². The summed E-state index contributed by atoms with van der Waals surface area (Å²) in [6.07, 6.45) is 3.39. The second kappa shape index (κ2) is 2.83. The van der Waals surface area contributed by atoms with Gasteiger partial charge in [-0.15, -0.1) is 0 Å². The van der Waals surface area contributed by atoms with Crippen LogP contribution in [-0.2, 0) is 0 Å². The Morgan fingerprint density at radius 3 is 3.14 bits per heavy atom. The zero-order chi connectivity index (χ0) is 9.54. The molecule has 0 bridgehead atoms. The van der Waals surface area contributed by atoms with E-state index in [-0.39, 0.29) is 0 Å². The lowest BCUT2D eigenvalue weighted by Crippen LogP contribution is -2.41. The largest absolute Gasteiger partial charge is 0.248 e. The van der Waals surface area contributed by atoms with Crippen molar-refractivity contribution in [2.24, 2.45) is 11.8 Å². The van der Waals surface area contributed by atoms with Crippen molar-refractivity contribution < 1.29 is 0 Å². The summed E-state index contributed by atoms with van der Waals surface area (Å²) in [5.74, 6) is 6.43. The Hall–Kier alpha value is -1.32. The van der Waals surface area contributed by atoms with E-state index in [2.05, 4.69) is 35.8 Å². The molecular formula is C11H13N3. The fraction of sp³-hybridized carbons (Fsp3) is 0.273. The second-order valence-electron chi connectivity index (χ2n) is 3.84. The molecule has 1 aliphatic carbocycles. The van der Waals surface area contributed by atoms with Crippen molar-refractivity contribution in [2.75, 3.05) is 6.54 Å². The number of hydrogen-bond acceptors (Lipinski definition) is 3. The van der Waals surface area contributed by atoms with Crippen molar-refractivity contribution in [2.45, 2.75) is 6.42 Å². The molecule has 2 aliphatic rings. The van der Waals surface area contributed by atoms with E-state index in [4.69, 9.17) is 5.84 Å². The first-order chi connectivity index (χ1) is 6.86. The Balaban J connectivity index is 2.37. The summed E-state index contributed by atoms with van der Waals surface area (Å²) in [7, 11) is 0. The maximum Gasteiger partial charge on any atom is 0.0599 e. The maximum atomic E-state index is 5.88. The van der Waals surface area contributed by atoms with Crippen LogP contribution >= 0.6 is 0 Å². The molecular weight excluding hydrogens is 174 g/mol. The van der Waals surface area contributed by atoms with Crippen molar-refractivity contribution >= 4 is 11.8 Å². The van der Waals surface area contributed by atoms with Gasteiger partial charge in [0.1, 0.15) is 0 Å². The molecule has 1 heterocycles. The molecule has 0 amide bonds. The summed E-state index contributed by atoms with van der Waals surface area (Å²) in [6, 6.07) is 8.42. The van der Waals surface area contributed by atoms with Crippen LogP contribution in [-0.4, -0.2) is 11.7 Å². The van der Waals surface area contributed by atoms with Crippen LogP contribution in [0.3, 0.4) is 0 Å². The molecule has 1 aromatic carbocycles. The first-order valence-corrected chi connectivity index (χ1v) is 4.94. The van der Waals surface area contributed by atoms with Crippen molar-refractivity contribution in [3.05, 3.63) is 34.7 Å². The zero-order valence-electron chi connectivity index (χ0n) is 7.90. The molecule has 1 aliphatic heterocycles. The number of rotatable bonds is 0. The molecule has 0 saturated carbocycles. The number of nitrogens with zero attached hydrogens (tertiary/aromatic N) is 1. The Morgan fingerprint density at radius 1 is 1.36 bits per heavy atom. The number of fused-ring (bicyclic) bond motifs is 2. The molecule has 3 heteroatoms. The molecule has 0 spiro atoms. The van der Waals surface area contributed by atoms with Crippen LogP contribution in [0.25, 0.3) is 11.8 Å². The minimum absolute atomic E-state index is 0.551. The minimum Gasteiger partial charge on any atom is -0.248 e. The van der Waals surface area contributed by atoms with Crippen LogP contribution in [0, 0.1) is 5.92 Å². The van der Waals surface area contributed by atoms with E-state index in [9.17, 15) is 0 Å². The van der Waals surface area contributed by atoms with Gasteiger partial charge in [-0.3, -0.25) is 0 Å². The quantitative estimate of drug-likeness (QED) is 0.527. The molecule has 1 aromatic rings. The summed E-state index contributed by atoms with van der Waals surface area (Å²) >= 11 is 0. The van der Waals surface area contributed by atoms with Crippen molar-refractivity contribution in [3.63, 3.8) is 0 Å². The highest BCUT2D eigenvalue weighted by molar-refractivity contribution is 5.53. The van der Waals surface area contributed by atoms with Gasteiger partial charge < -0.3 is 0 Å². The summed E-state index contributed by atoms with van der Waals surface area (Å²) in [5, 5.41) is 4.26. The molecule has 1 atom stereocenters. The average molecular weight is 187 g/mol. The maximum absolute atomic E-state index is 5.88. The predicted molar refractivity (Wildman–Crippen MR) is 55.7 cm³/mol. The fourth-order valence-corrected chi connectivity index (χ4v) is 2.31. The van der Waals surface area contributed by atoms with Gasteiger partial charge in [0.25, 0.3) is 0 Å². The third kappa shape index (κ3) is 0.997. The lowest BCUT2D eigenvalue weighted by molar-refractivity contribution is 0.344. The predicted octanol–water partition coefficient (Wildman–Crippen LogP) is -0.711. The number of hydrazine groups is 2. The van der Waals surface area contributed by atoms with Crippen LogP contribution in [0.2, 0.25) is 0 Å². The van der Waals surface area contributed by atoms with E-state index in [1.807, 2.05) is 0 Å². The molecule has 3 rings (SSSR count). The molecule has 1 unspecified atom stereocenters. The highest BCUT2D eigenvalue weighted by Gasteiger charge is 2.27. The molecule has 1 saturated heterocycles. The standard InChI is InChI=1S/C11H13N3/c12-14-11-9(7-13-14)6-5-8-3-1-2-4-10(8)11/h1-5,9,13H,6-7,12H2. The molecule has 14 heavy (non-hydrogen) atoms. The molecule has 1 fully saturated rings. The lowest BCUT2D eigenvalue weighted by Gasteiger charge is -2.17. The number of nitrogens with one attached hydrogen (secondary N) is 1. The lowest BCUT2D eigenvalue weighted by atomic mass is 9.95. The van der Waals surface area contributed by atoms with E-state index in [0.717, 1.165) is 13.0 Å². The molecule has 72 valence electrons. The van der Waals surface area contributed by atoms with Crippen LogP contribution in [0.15, 0.2) is 24.3 Å². The summed E-state index contributed by atoms with van der Waals surface area (Å²) in [5.41, 5.74) is 4.40. The van der Waals surface area contributed by atoms with E-state index in [1.54, 1.807) is 5.12 Å². The van der Waals surface area contributed by atoms with Gasteiger partial charge in [-0.1, -0.05) is 30.3 Å². The number of hydrogen-bond donors (Lipinski definition) is 2. The van der Waals surface area contributed by atoms with Gasteiger partial charge >= 0.3 is 0 Å². The van der Waals surface area contributed by atoms with Gasteiger partial charge in [-0.05, 0) is 11.6 Å². The van der Waals surface area contributed by atoms with Gasteiger partial charge in [0.05, 0.1) is 5.70 Å². The fourth-order valence-electron chi connectivity index (χ4n) is 2.31. The zero-order valence-corrected chi connectivity index (χ0v) is 7.90. The Bertz CT molecular complexity index is 478. The smallest absolute Gasteiger partial charge is 0.0599 e. The van der Waals surface area contributed by atoms with Crippen molar-refractivity contribution in [1.29, 1.82) is 0 Å². The normalized spacial score (nSPS) is 24.2. The van der Waals surface area contributed by atoms with Crippen molar-refractivity contribution in [3.8, 4) is 0 Å². The minimum atomic E-state index is 0.551.